The highest BCUT2D eigenvalue weighted by atomic mass is 32.2. The summed E-state index contributed by atoms with van der Waals surface area (Å²) in [6, 6.07) is 16.3. The normalized spacial score (nSPS) is 26.8. The third-order valence-corrected chi connectivity index (χ3v) is 7.13. The van der Waals surface area contributed by atoms with Crippen molar-refractivity contribution in [2.24, 2.45) is 11.1 Å². The van der Waals surface area contributed by atoms with Crippen LogP contribution in [0.1, 0.15) is 42.5 Å². The minimum absolute atomic E-state index is 0.0146. The molecule has 5 unspecified atom stereocenters. The summed E-state index contributed by atoms with van der Waals surface area (Å²) in [7, 11) is -2.23. The van der Waals surface area contributed by atoms with Gasteiger partial charge in [0, 0.05) is 19.2 Å². The zero-order valence-electron chi connectivity index (χ0n) is 17.3. The Morgan fingerprint density at radius 3 is 2.61 bits per heavy atom. The summed E-state index contributed by atoms with van der Waals surface area (Å²) in [5, 5.41) is 8.45. The van der Waals surface area contributed by atoms with Gasteiger partial charge in [-0.15, -0.1) is 0 Å². The number of benzene rings is 2. The van der Waals surface area contributed by atoms with E-state index in [1.54, 1.807) is 12.1 Å². The van der Waals surface area contributed by atoms with E-state index in [1.807, 2.05) is 36.4 Å². The predicted molar refractivity (Wildman–Crippen MR) is 116 cm³/mol. The standard InChI is InChI=1S/C22H28N4O4S/c1-30-21(14-6-3-2-4-7-14)22(27)24-16-10-11-19-18(13-16)20(26-25-19)15-8-5-9-17(12-15)31(23,28)29/h2-9,12,16,18-21,25-26H,10-11,13H2,1H3,(H,24,27)(H2,23,28,29). The molecule has 1 saturated heterocycles. The first-order valence-corrected chi connectivity index (χ1v) is 11.9. The molecular formula is C22H28N4O4S. The van der Waals surface area contributed by atoms with E-state index >= 15 is 0 Å². The fraction of sp³-hybridized carbons (Fsp3) is 0.409. The van der Waals surface area contributed by atoms with Crippen LogP contribution in [0, 0.1) is 5.92 Å². The van der Waals surface area contributed by atoms with Gasteiger partial charge >= 0.3 is 0 Å². The van der Waals surface area contributed by atoms with Gasteiger partial charge in [0.05, 0.1) is 10.9 Å². The van der Waals surface area contributed by atoms with Gasteiger partial charge in [0.15, 0.2) is 6.10 Å². The van der Waals surface area contributed by atoms with E-state index in [-0.39, 0.29) is 34.8 Å². The Hall–Kier alpha value is -2.30. The van der Waals surface area contributed by atoms with Gasteiger partial charge in [0.2, 0.25) is 10.0 Å². The maximum absolute atomic E-state index is 12.9. The molecule has 2 aromatic rings. The second-order valence-corrected chi connectivity index (χ2v) is 9.76. The average Bonchev–Trinajstić information content (AvgIpc) is 3.18. The van der Waals surface area contributed by atoms with Crippen molar-refractivity contribution in [3.63, 3.8) is 0 Å². The average molecular weight is 445 g/mol. The Morgan fingerprint density at radius 1 is 1.13 bits per heavy atom. The number of nitrogens with two attached hydrogens (primary N) is 1. The van der Waals surface area contributed by atoms with Gasteiger partial charge < -0.3 is 10.1 Å². The lowest BCUT2D eigenvalue weighted by Gasteiger charge is -2.34. The summed E-state index contributed by atoms with van der Waals surface area (Å²) in [5.41, 5.74) is 8.31. The van der Waals surface area contributed by atoms with Gasteiger partial charge in [0.25, 0.3) is 5.91 Å². The highest BCUT2D eigenvalue weighted by Gasteiger charge is 2.41. The van der Waals surface area contributed by atoms with Crippen molar-refractivity contribution in [2.45, 2.75) is 48.4 Å². The number of amides is 1. The molecule has 2 aliphatic rings. The lowest BCUT2D eigenvalue weighted by atomic mass is 9.77. The van der Waals surface area contributed by atoms with Crippen LogP contribution < -0.4 is 21.3 Å². The number of sulfonamides is 1. The zero-order valence-corrected chi connectivity index (χ0v) is 18.1. The third kappa shape index (κ3) is 4.81. The van der Waals surface area contributed by atoms with E-state index in [0.29, 0.717) is 0 Å². The van der Waals surface area contributed by atoms with E-state index in [4.69, 9.17) is 9.88 Å². The molecule has 9 heteroatoms. The first-order valence-electron chi connectivity index (χ1n) is 10.4. The summed E-state index contributed by atoms with van der Waals surface area (Å²) in [6.07, 6.45) is 1.88. The highest BCUT2D eigenvalue weighted by Crippen LogP contribution is 2.38. The molecule has 1 aliphatic heterocycles. The molecule has 31 heavy (non-hydrogen) atoms. The van der Waals surface area contributed by atoms with Gasteiger partial charge in [-0.05, 0) is 48.4 Å². The number of ether oxygens (including phenoxy) is 1. The summed E-state index contributed by atoms with van der Waals surface area (Å²) in [5.74, 6) is 0.0522. The summed E-state index contributed by atoms with van der Waals surface area (Å²) < 4.78 is 29.0. The summed E-state index contributed by atoms with van der Waals surface area (Å²) in [6.45, 7) is 0. The molecule has 0 radical (unpaired) electrons. The predicted octanol–water partition coefficient (Wildman–Crippen LogP) is 1.52. The summed E-state index contributed by atoms with van der Waals surface area (Å²) in [4.78, 5) is 13.0. The fourth-order valence-electron chi connectivity index (χ4n) is 4.70. The number of fused-ring (bicyclic) bond motifs is 1. The number of carbonyl (C=O) groups is 1. The molecule has 2 fully saturated rings. The molecule has 0 aromatic heterocycles. The van der Waals surface area contributed by atoms with Crippen molar-refractivity contribution in [1.29, 1.82) is 0 Å². The van der Waals surface area contributed by atoms with Crippen molar-refractivity contribution in [3.8, 4) is 0 Å². The Labute approximate surface area is 182 Å². The molecule has 5 atom stereocenters. The van der Waals surface area contributed by atoms with Crippen LogP contribution >= 0.6 is 0 Å². The second kappa shape index (κ2) is 9.05. The zero-order chi connectivity index (χ0) is 22.0. The highest BCUT2D eigenvalue weighted by molar-refractivity contribution is 7.89. The maximum Gasteiger partial charge on any atom is 0.253 e. The van der Waals surface area contributed by atoms with Crippen LogP contribution in [0.5, 0.6) is 0 Å². The molecule has 4 rings (SSSR count). The van der Waals surface area contributed by atoms with Crippen LogP contribution in [0.2, 0.25) is 0 Å². The van der Waals surface area contributed by atoms with Crippen LogP contribution in [0.3, 0.4) is 0 Å². The second-order valence-electron chi connectivity index (χ2n) is 8.20. The lowest BCUT2D eigenvalue weighted by molar-refractivity contribution is -0.132. The number of hydrazine groups is 1. The first-order chi connectivity index (χ1) is 14.9. The van der Waals surface area contributed by atoms with Crippen molar-refractivity contribution >= 4 is 15.9 Å². The SMILES string of the molecule is COC(C(=O)NC1CCC2NNC(c3cccc(S(N)(=O)=O)c3)C2C1)c1ccccc1. The quantitative estimate of drug-likeness (QED) is 0.536. The van der Waals surface area contributed by atoms with Crippen LogP contribution in [-0.4, -0.2) is 33.5 Å². The van der Waals surface area contributed by atoms with E-state index in [1.165, 1.54) is 13.2 Å². The van der Waals surface area contributed by atoms with Gasteiger partial charge in [-0.1, -0.05) is 42.5 Å². The van der Waals surface area contributed by atoms with Gasteiger partial charge in [0.1, 0.15) is 0 Å². The maximum atomic E-state index is 12.9. The number of nitrogens with one attached hydrogen (secondary N) is 3. The largest absolute Gasteiger partial charge is 0.367 e. The molecule has 1 saturated carbocycles. The molecule has 1 heterocycles. The number of hydrogen-bond donors (Lipinski definition) is 4. The Morgan fingerprint density at radius 2 is 1.90 bits per heavy atom. The number of rotatable bonds is 6. The van der Waals surface area contributed by atoms with Gasteiger partial charge in [-0.2, -0.15) is 0 Å². The minimum Gasteiger partial charge on any atom is -0.367 e. The number of methoxy groups -OCH3 is 1. The van der Waals surface area contributed by atoms with Gasteiger partial charge in [-0.25, -0.2) is 19.0 Å². The smallest absolute Gasteiger partial charge is 0.253 e. The molecule has 1 amide bonds. The lowest BCUT2D eigenvalue weighted by Crippen LogP contribution is -2.45. The van der Waals surface area contributed by atoms with E-state index in [0.717, 1.165) is 30.4 Å². The third-order valence-electron chi connectivity index (χ3n) is 6.22. The molecule has 5 N–H and O–H groups in total. The first kappa shape index (κ1) is 21.9. The minimum atomic E-state index is -3.77. The van der Waals surface area contributed by atoms with Crippen molar-refractivity contribution in [3.05, 3.63) is 65.7 Å². The molecule has 0 bridgehead atoms. The van der Waals surface area contributed by atoms with E-state index in [9.17, 15) is 13.2 Å². The van der Waals surface area contributed by atoms with Crippen LogP contribution in [0.4, 0.5) is 0 Å². The van der Waals surface area contributed by atoms with Crippen LogP contribution in [0.15, 0.2) is 59.5 Å². The monoisotopic (exact) mass is 444 g/mol. The molecule has 8 nitrogen and oxygen atoms in total. The van der Waals surface area contributed by atoms with E-state index in [2.05, 4.69) is 16.2 Å². The Kier molecular flexibility index (Phi) is 6.40. The number of hydrogen-bond acceptors (Lipinski definition) is 6. The molecule has 0 spiro atoms. The topological polar surface area (TPSA) is 123 Å². The van der Waals surface area contributed by atoms with Crippen LogP contribution in [0.25, 0.3) is 0 Å². The Bertz CT molecular complexity index is 1030. The van der Waals surface area contributed by atoms with Crippen molar-refractivity contribution < 1.29 is 17.9 Å². The molecule has 1 aliphatic carbocycles. The van der Waals surface area contributed by atoms with Gasteiger partial charge in [-0.3, -0.25) is 10.2 Å². The Balaban J connectivity index is 1.47. The number of primary sulfonamides is 1. The summed E-state index contributed by atoms with van der Waals surface area (Å²) >= 11 is 0. The van der Waals surface area contributed by atoms with Crippen molar-refractivity contribution in [2.75, 3.05) is 7.11 Å². The fourth-order valence-corrected chi connectivity index (χ4v) is 5.27. The van der Waals surface area contributed by atoms with Crippen molar-refractivity contribution in [1.82, 2.24) is 16.2 Å². The van der Waals surface area contributed by atoms with E-state index < -0.39 is 16.1 Å². The molecule has 166 valence electrons. The molecular weight excluding hydrogens is 416 g/mol. The number of carbonyl (C=O) groups excluding carboxylic acids is 1. The van der Waals surface area contributed by atoms with Crippen LogP contribution in [-0.2, 0) is 19.6 Å². The molecule has 2 aromatic carbocycles.